The van der Waals surface area contributed by atoms with Gasteiger partial charge in [0.25, 0.3) is 11.5 Å². The van der Waals surface area contributed by atoms with Gasteiger partial charge in [-0.15, -0.1) is 11.3 Å². The zero-order valence-electron chi connectivity index (χ0n) is 14.4. The number of thiazole rings is 1. The molecule has 0 aliphatic heterocycles. The first-order valence-corrected chi connectivity index (χ1v) is 9.18. The normalized spacial score (nSPS) is 10.8. The Hall–Kier alpha value is -3.52. The van der Waals surface area contributed by atoms with Crippen molar-refractivity contribution in [3.8, 4) is 11.5 Å². The van der Waals surface area contributed by atoms with Crippen LogP contribution in [0.15, 0.2) is 70.2 Å². The van der Waals surface area contributed by atoms with Crippen molar-refractivity contribution in [1.82, 2.24) is 9.97 Å². The van der Waals surface area contributed by atoms with Gasteiger partial charge in [0.2, 0.25) is 0 Å². The number of benzene rings is 1. The van der Waals surface area contributed by atoms with E-state index in [0.29, 0.717) is 23.0 Å². The van der Waals surface area contributed by atoms with Crippen molar-refractivity contribution in [2.75, 3.05) is 5.32 Å². The molecule has 0 unspecified atom stereocenters. The van der Waals surface area contributed by atoms with Gasteiger partial charge < -0.3 is 9.40 Å². The number of aromatic nitrogens is 2. The number of nitrogens with zero attached hydrogens (tertiary/aromatic N) is 1. The summed E-state index contributed by atoms with van der Waals surface area (Å²) in [4.78, 5) is 32.3. The van der Waals surface area contributed by atoms with Gasteiger partial charge in [0.15, 0.2) is 5.13 Å². The Kier molecular flexibility index (Phi) is 4.86. The fourth-order valence-electron chi connectivity index (χ4n) is 2.69. The van der Waals surface area contributed by atoms with Gasteiger partial charge in [-0.1, -0.05) is 12.1 Å². The number of carbonyl (C=O) groups excluding carboxylic acids is 1. The van der Waals surface area contributed by atoms with Gasteiger partial charge in [-0.2, -0.15) is 0 Å². The molecule has 0 fully saturated rings. The average Bonchev–Trinajstić information content (AvgIpc) is 3.34. The standard InChI is InChI=1S/C20H14FN3O3S/c21-13-4-1-3-12(9-13)10-14-11-22-20(28-14)24-19(26)15-6-7-16(23-18(15)25)17-5-2-8-27-17/h1-9,11H,10H2,(H,23,25)(H,22,24,26). The second kappa shape index (κ2) is 7.61. The Morgan fingerprint density at radius 3 is 2.86 bits per heavy atom. The number of hydrogen-bond donors (Lipinski definition) is 2. The fourth-order valence-corrected chi connectivity index (χ4v) is 3.53. The van der Waals surface area contributed by atoms with Crippen LogP contribution in [0.4, 0.5) is 9.52 Å². The van der Waals surface area contributed by atoms with Crippen LogP contribution in [0.25, 0.3) is 11.5 Å². The number of halogens is 1. The minimum Gasteiger partial charge on any atom is -0.463 e. The fraction of sp³-hybridized carbons (Fsp3) is 0.0500. The summed E-state index contributed by atoms with van der Waals surface area (Å²) >= 11 is 1.27. The number of rotatable bonds is 5. The molecule has 0 saturated heterocycles. The second-order valence-electron chi connectivity index (χ2n) is 5.98. The van der Waals surface area contributed by atoms with Crippen molar-refractivity contribution in [1.29, 1.82) is 0 Å². The zero-order chi connectivity index (χ0) is 19.5. The van der Waals surface area contributed by atoms with Crippen LogP contribution in [0, 0.1) is 5.82 Å². The van der Waals surface area contributed by atoms with E-state index in [1.54, 1.807) is 30.5 Å². The van der Waals surface area contributed by atoms with E-state index in [9.17, 15) is 14.0 Å². The summed E-state index contributed by atoms with van der Waals surface area (Å²) in [5.41, 5.74) is 0.741. The SMILES string of the molecule is O=C(Nc1ncc(Cc2cccc(F)c2)s1)c1ccc(-c2ccco2)[nH]c1=O. The van der Waals surface area contributed by atoms with Crippen molar-refractivity contribution >= 4 is 22.4 Å². The third-order valence-corrected chi connectivity index (χ3v) is 4.89. The highest BCUT2D eigenvalue weighted by atomic mass is 32.1. The lowest BCUT2D eigenvalue weighted by Crippen LogP contribution is -2.23. The van der Waals surface area contributed by atoms with Crippen LogP contribution < -0.4 is 10.9 Å². The smallest absolute Gasteiger partial charge is 0.263 e. The molecule has 0 atom stereocenters. The molecule has 4 rings (SSSR count). The molecule has 0 aliphatic rings. The molecule has 0 spiro atoms. The Morgan fingerprint density at radius 2 is 2.11 bits per heavy atom. The molecular weight excluding hydrogens is 381 g/mol. The topological polar surface area (TPSA) is 88.0 Å². The minimum absolute atomic E-state index is 0.0304. The van der Waals surface area contributed by atoms with E-state index in [1.165, 1.54) is 35.8 Å². The minimum atomic E-state index is -0.557. The maximum Gasteiger partial charge on any atom is 0.263 e. The summed E-state index contributed by atoms with van der Waals surface area (Å²) < 4.78 is 18.5. The van der Waals surface area contributed by atoms with Gasteiger partial charge in [-0.3, -0.25) is 14.9 Å². The molecule has 1 amide bonds. The molecular formula is C20H14FN3O3S. The van der Waals surface area contributed by atoms with Crippen molar-refractivity contribution in [2.45, 2.75) is 6.42 Å². The maximum absolute atomic E-state index is 13.3. The third-order valence-electron chi connectivity index (χ3n) is 3.98. The maximum atomic E-state index is 13.3. The average molecular weight is 395 g/mol. The van der Waals surface area contributed by atoms with Crippen LogP contribution in [0.2, 0.25) is 0 Å². The first kappa shape index (κ1) is 17.9. The lowest BCUT2D eigenvalue weighted by atomic mass is 10.1. The predicted molar refractivity (Wildman–Crippen MR) is 104 cm³/mol. The van der Waals surface area contributed by atoms with Gasteiger partial charge in [0.1, 0.15) is 17.1 Å². The van der Waals surface area contributed by atoms with Crippen molar-refractivity contribution in [2.24, 2.45) is 0 Å². The van der Waals surface area contributed by atoms with E-state index >= 15 is 0 Å². The molecule has 0 radical (unpaired) electrons. The number of aromatic amines is 1. The van der Waals surface area contributed by atoms with Crippen molar-refractivity contribution < 1.29 is 13.6 Å². The molecule has 1 aromatic carbocycles. The highest BCUT2D eigenvalue weighted by molar-refractivity contribution is 7.15. The predicted octanol–water partition coefficient (Wildman–Crippen LogP) is 4.07. The first-order valence-electron chi connectivity index (χ1n) is 8.36. The number of carbonyl (C=O) groups is 1. The number of pyridine rings is 1. The second-order valence-corrected chi connectivity index (χ2v) is 7.10. The van der Waals surface area contributed by atoms with Gasteiger partial charge in [-0.25, -0.2) is 9.37 Å². The summed E-state index contributed by atoms with van der Waals surface area (Å²) in [6.45, 7) is 0. The molecule has 4 aromatic rings. The van der Waals surface area contributed by atoms with Gasteiger partial charge in [-0.05, 0) is 42.0 Å². The van der Waals surface area contributed by atoms with E-state index in [2.05, 4.69) is 15.3 Å². The van der Waals surface area contributed by atoms with E-state index in [-0.39, 0.29) is 11.4 Å². The number of anilines is 1. The Balaban J connectivity index is 1.47. The summed E-state index contributed by atoms with van der Waals surface area (Å²) in [6, 6.07) is 12.8. The van der Waals surface area contributed by atoms with Crippen molar-refractivity contribution in [3.05, 3.63) is 93.2 Å². The van der Waals surface area contributed by atoms with Crippen LogP contribution in [-0.4, -0.2) is 15.9 Å². The zero-order valence-corrected chi connectivity index (χ0v) is 15.3. The Bertz CT molecular complexity index is 1180. The molecule has 2 N–H and O–H groups in total. The number of H-pyrrole nitrogens is 1. The molecule has 0 bridgehead atoms. The number of amides is 1. The van der Waals surface area contributed by atoms with E-state index in [1.807, 2.05) is 6.07 Å². The largest absolute Gasteiger partial charge is 0.463 e. The van der Waals surface area contributed by atoms with Crippen LogP contribution >= 0.6 is 11.3 Å². The number of nitrogens with one attached hydrogen (secondary N) is 2. The molecule has 0 saturated carbocycles. The first-order chi connectivity index (χ1) is 13.6. The molecule has 6 nitrogen and oxygen atoms in total. The summed E-state index contributed by atoms with van der Waals surface area (Å²) in [5, 5.41) is 2.99. The van der Waals surface area contributed by atoms with E-state index in [0.717, 1.165) is 10.4 Å². The molecule has 3 aromatic heterocycles. The summed E-state index contributed by atoms with van der Waals surface area (Å²) in [5.74, 6) is -0.349. The number of hydrogen-bond acceptors (Lipinski definition) is 5. The van der Waals surface area contributed by atoms with Gasteiger partial charge in [0, 0.05) is 17.5 Å². The highest BCUT2D eigenvalue weighted by Crippen LogP contribution is 2.22. The lowest BCUT2D eigenvalue weighted by molar-refractivity contribution is 0.102. The molecule has 8 heteroatoms. The summed E-state index contributed by atoms with van der Waals surface area (Å²) in [6.07, 6.45) is 3.62. The molecule has 28 heavy (non-hydrogen) atoms. The van der Waals surface area contributed by atoms with Gasteiger partial charge in [0.05, 0.1) is 12.0 Å². The van der Waals surface area contributed by atoms with Crippen molar-refractivity contribution in [3.63, 3.8) is 0 Å². The molecule has 0 aliphatic carbocycles. The lowest BCUT2D eigenvalue weighted by Gasteiger charge is -2.02. The van der Waals surface area contributed by atoms with Crippen LogP contribution in [-0.2, 0) is 6.42 Å². The quantitative estimate of drug-likeness (QED) is 0.533. The number of furan rings is 1. The summed E-state index contributed by atoms with van der Waals surface area (Å²) in [7, 11) is 0. The van der Waals surface area contributed by atoms with Gasteiger partial charge >= 0.3 is 0 Å². The van der Waals surface area contributed by atoms with Crippen LogP contribution in [0.3, 0.4) is 0 Å². The van der Waals surface area contributed by atoms with Crippen LogP contribution in [0.1, 0.15) is 20.8 Å². The van der Waals surface area contributed by atoms with E-state index in [4.69, 9.17) is 4.42 Å². The third kappa shape index (κ3) is 3.91. The van der Waals surface area contributed by atoms with Crippen LogP contribution in [0.5, 0.6) is 0 Å². The Morgan fingerprint density at radius 1 is 1.21 bits per heavy atom. The molecule has 140 valence electrons. The Labute approximate surface area is 162 Å². The monoisotopic (exact) mass is 395 g/mol. The van der Waals surface area contributed by atoms with E-state index < -0.39 is 11.5 Å². The molecule has 3 heterocycles. The highest BCUT2D eigenvalue weighted by Gasteiger charge is 2.14.